The van der Waals surface area contributed by atoms with Crippen LogP contribution in [-0.2, 0) is 0 Å². The first-order valence-corrected chi connectivity index (χ1v) is 8.28. The van der Waals surface area contributed by atoms with E-state index in [9.17, 15) is 9.90 Å². The molecule has 2 aromatic rings. The number of amides is 1. The van der Waals surface area contributed by atoms with Crippen molar-refractivity contribution in [3.63, 3.8) is 0 Å². The fourth-order valence-corrected chi connectivity index (χ4v) is 2.61. The van der Waals surface area contributed by atoms with Gasteiger partial charge in [0.05, 0.1) is 11.6 Å². The Bertz CT molecular complexity index is 626. The molecule has 0 fully saturated rings. The lowest BCUT2D eigenvalue weighted by molar-refractivity contribution is 0.0847. The maximum atomic E-state index is 12.3. The van der Waals surface area contributed by atoms with Crippen LogP contribution in [0.1, 0.15) is 30.8 Å². The van der Waals surface area contributed by atoms with Gasteiger partial charge in [0.2, 0.25) is 0 Å². The molecule has 0 spiro atoms. The van der Waals surface area contributed by atoms with Crippen LogP contribution in [0.3, 0.4) is 0 Å². The number of aliphatic hydroxyl groups excluding tert-OH is 1. The van der Waals surface area contributed by atoms with Crippen molar-refractivity contribution in [1.82, 2.24) is 14.7 Å². The SMILES string of the molecule is CCC(C)C(O)CNC(=O)c1nc(SC)n2ccccc12. The van der Waals surface area contributed by atoms with E-state index in [2.05, 4.69) is 10.3 Å². The number of nitrogens with zero attached hydrogens (tertiary/aromatic N) is 2. The number of aliphatic hydroxyl groups is 1. The predicted molar refractivity (Wildman–Crippen MR) is 84.8 cm³/mol. The van der Waals surface area contributed by atoms with E-state index in [1.807, 2.05) is 48.9 Å². The topological polar surface area (TPSA) is 66.6 Å². The molecule has 2 aromatic heterocycles. The third-order valence-corrected chi connectivity index (χ3v) is 4.34. The van der Waals surface area contributed by atoms with E-state index in [0.29, 0.717) is 5.69 Å². The number of nitrogens with one attached hydrogen (secondary N) is 1. The Hall–Kier alpha value is -1.53. The molecule has 114 valence electrons. The van der Waals surface area contributed by atoms with E-state index in [-0.39, 0.29) is 18.4 Å². The van der Waals surface area contributed by atoms with Gasteiger partial charge in [-0.1, -0.05) is 38.1 Å². The van der Waals surface area contributed by atoms with Gasteiger partial charge < -0.3 is 10.4 Å². The standard InChI is InChI=1S/C15H21N3O2S/c1-4-10(2)12(19)9-16-14(20)13-11-7-5-6-8-18(11)15(17-13)21-3/h5-8,10,12,19H,4,9H2,1-3H3,(H,16,20). The molecule has 0 aromatic carbocycles. The summed E-state index contributed by atoms with van der Waals surface area (Å²) in [6.45, 7) is 4.23. The Morgan fingerprint density at radius 2 is 2.29 bits per heavy atom. The van der Waals surface area contributed by atoms with Gasteiger partial charge in [-0.05, 0) is 24.3 Å². The Labute approximate surface area is 128 Å². The smallest absolute Gasteiger partial charge is 0.272 e. The lowest BCUT2D eigenvalue weighted by atomic mass is 10.0. The number of carbonyl (C=O) groups excluding carboxylic acids is 1. The fraction of sp³-hybridized carbons (Fsp3) is 0.467. The van der Waals surface area contributed by atoms with Crippen molar-refractivity contribution in [2.24, 2.45) is 5.92 Å². The highest BCUT2D eigenvalue weighted by molar-refractivity contribution is 7.98. The number of aromatic nitrogens is 2. The number of imidazole rings is 1. The van der Waals surface area contributed by atoms with Gasteiger partial charge >= 0.3 is 0 Å². The summed E-state index contributed by atoms with van der Waals surface area (Å²) in [6.07, 6.45) is 4.16. The van der Waals surface area contributed by atoms with Crippen molar-refractivity contribution in [3.05, 3.63) is 30.1 Å². The number of thioether (sulfide) groups is 1. The average Bonchev–Trinajstić information content (AvgIpc) is 2.90. The second kappa shape index (κ2) is 6.95. The average molecular weight is 307 g/mol. The second-order valence-corrected chi connectivity index (χ2v) is 5.84. The van der Waals surface area contributed by atoms with Crippen molar-refractivity contribution in [1.29, 1.82) is 0 Å². The van der Waals surface area contributed by atoms with E-state index in [1.165, 1.54) is 11.8 Å². The van der Waals surface area contributed by atoms with Crippen molar-refractivity contribution in [3.8, 4) is 0 Å². The molecule has 5 nitrogen and oxygen atoms in total. The third-order valence-electron chi connectivity index (χ3n) is 3.69. The number of carbonyl (C=O) groups is 1. The highest BCUT2D eigenvalue weighted by Gasteiger charge is 2.19. The Morgan fingerprint density at radius 3 is 2.95 bits per heavy atom. The zero-order chi connectivity index (χ0) is 15.4. The molecule has 2 atom stereocenters. The molecule has 2 heterocycles. The van der Waals surface area contributed by atoms with E-state index < -0.39 is 6.10 Å². The molecule has 6 heteroatoms. The van der Waals surface area contributed by atoms with Gasteiger partial charge in [-0.2, -0.15) is 0 Å². The number of pyridine rings is 1. The molecule has 21 heavy (non-hydrogen) atoms. The summed E-state index contributed by atoms with van der Waals surface area (Å²) < 4.78 is 1.89. The summed E-state index contributed by atoms with van der Waals surface area (Å²) >= 11 is 1.49. The van der Waals surface area contributed by atoms with Crippen LogP contribution in [0.25, 0.3) is 5.52 Å². The third kappa shape index (κ3) is 3.39. The quantitative estimate of drug-likeness (QED) is 0.803. The summed E-state index contributed by atoms with van der Waals surface area (Å²) in [6, 6.07) is 5.65. The summed E-state index contributed by atoms with van der Waals surface area (Å²) in [5.41, 5.74) is 1.17. The molecule has 0 radical (unpaired) electrons. The van der Waals surface area contributed by atoms with Gasteiger partial charge in [0.15, 0.2) is 10.9 Å². The van der Waals surface area contributed by atoms with Gasteiger partial charge in [-0.25, -0.2) is 4.98 Å². The second-order valence-electron chi connectivity index (χ2n) is 5.07. The molecule has 0 saturated heterocycles. The molecular weight excluding hydrogens is 286 g/mol. The monoisotopic (exact) mass is 307 g/mol. The zero-order valence-corrected chi connectivity index (χ0v) is 13.4. The van der Waals surface area contributed by atoms with Crippen LogP contribution in [0, 0.1) is 5.92 Å². The minimum atomic E-state index is -0.534. The van der Waals surface area contributed by atoms with E-state index >= 15 is 0 Å². The van der Waals surface area contributed by atoms with Crippen molar-refractivity contribution < 1.29 is 9.90 Å². The van der Waals surface area contributed by atoms with Gasteiger partial charge in [0, 0.05) is 12.7 Å². The molecule has 0 bridgehead atoms. The van der Waals surface area contributed by atoms with Crippen molar-refractivity contribution in [2.75, 3.05) is 12.8 Å². The zero-order valence-electron chi connectivity index (χ0n) is 12.5. The Balaban J connectivity index is 2.16. The molecule has 2 unspecified atom stereocenters. The lowest BCUT2D eigenvalue weighted by Gasteiger charge is -2.17. The number of hydrogen-bond donors (Lipinski definition) is 2. The number of fused-ring (bicyclic) bond motifs is 1. The summed E-state index contributed by atoms with van der Waals surface area (Å²) in [5.74, 6) is -0.0906. The van der Waals surface area contributed by atoms with Gasteiger partial charge in [0.1, 0.15) is 0 Å². The highest BCUT2D eigenvalue weighted by Crippen LogP contribution is 2.19. The van der Waals surface area contributed by atoms with Crippen LogP contribution in [0.4, 0.5) is 0 Å². The maximum Gasteiger partial charge on any atom is 0.272 e. The van der Waals surface area contributed by atoms with Gasteiger partial charge in [0.25, 0.3) is 5.91 Å². The summed E-state index contributed by atoms with van der Waals surface area (Å²) in [5, 5.41) is 13.5. The normalized spacial score (nSPS) is 14.1. The largest absolute Gasteiger partial charge is 0.391 e. The summed E-state index contributed by atoms with van der Waals surface area (Å²) in [4.78, 5) is 16.7. The first-order valence-electron chi connectivity index (χ1n) is 7.05. The predicted octanol–water partition coefficient (Wildman–Crippen LogP) is 2.19. The highest BCUT2D eigenvalue weighted by atomic mass is 32.2. The first-order chi connectivity index (χ1) is 10.1. The van der Waals surface area contributed by atoms with Crippen LogP contribution in [0.15, 0.2) is 29.6 Å². The minimum Gasteiger partial charge on any atom is -0.391 e. The fourth-order valence-electron chi connectivity index (χ4n) is 2.08. The first kappa shape index (κ1) is 15.9. The molecule has 0 aliphatic rings. The van der Waals surface area contributed by atoms with Crippen LogP contribution >= 0.6 is 11.8 Å². The lowest BCUT2D eigenvalue weighted by Crippen LogP contribution is -2.35. The minimum absolute atomic E-state index is 0.158. The molecule has 2 rings (SSSR count). The number of hydrogen-bond acceptors (Lipinski definition) is 4. The number of rotatable bonds is 6. The van der Waals surface area contributed by atoms with Gasteiger partial charge in [-0.3, -0.25) is 9.20 Å². The molecule has 0 aliphatic carbocycles. The van der Waals surface area contributed by atoms with Crippen LogP contribution in [0.5, 0.6) is 0 Å². The maximum absolute atomic E-state index is 12.3. The van der Waals surface area contributed by atoms with Crippen LogP contribution < -0.4 is 5.32 Å². The van der Waals surface area contributed by atoms with Crippen LogP contribution in [0.2, 0.25) is 0 Å². The summed E-state index contributed by atoms with van der Waals surface area (Å²) in [7, 11) is 0. The molecule has 0 aliphatic heterocycles. The van der Waals surface area contributed by atoms with Crippen molar-refractivity contribution >= 4 is 23.2 Å². The molecular formula is C15H21N3O2S. The van der Waals surface area contributed by atoms with Gasteiger partial charge in [-0.15, -0.1) is 0 Å². The van der Waals surface area contributed by atoms with E-state index in [0.717, 1.165) is 17.1 Å². The Kier molecular flexibility index (Phi) is 5.25. The van der Waals surface area contributed by atoms with E-state index in [4.69, 9.17) is 0 Å². The van der Waals surface area contributed by atoms with Crippen molar-refractivity contribution in [2.45, 2.75) is 31.5 Å². The Morgan fingerprint density at radius 1 is 1.52 bits per heavy atom. The van der Waals surface area contributed by atoms with E-state index in [1.54, 1.807) is 0 Å². The molecule has 0 saturated carbocycles. The molecule has 2 N–H and O–H groups in total. The molecule has 1 amide bonds. The van der Waals surface area contributed by atoms with Crippen LogP contribution in [-0.4, -0.2) is 39.3 Å².